The van der Waals surface area contributed by atoms with E-state index in [1.54, 1.807) is 0 Å². The Bertz CT molecular complexity index is 1190. The average Bonchev–Trinajstić information content (AvgIpc) is 3.62. The van der Waals surface area contributed by atoms with Crippen LogP contribution in [-0.2, 0) is 17.8 Å². The van der Waals surface area contributed by atoms with Crippen molar-refractivity contribution >= 4 is 28.4 Å². The number of aryl methyl sites for hydroxylation is 1. The largest absolute Gasteiger partial charge is 0.360 e. The Balaban J connectivity index is 0.000000907. The van der Waals surface area contributed by atoms with E-state index >= 15 is 0 Å². The van der Waals surface area contributed by atoms with Crippen molar-refractivity contribution < 1.29 is 9.32 Å². The van der Waals surface area contributed by atoms with E-state index < -0.39 is 0 Å². The number of fused-ring (bicyclic) bond motifs is 2. The number of ketones is 1. The van der Waals surface area contributed by atoms with E-state index in [2.05, 4.69) is 29.0 Å². The van der Waals surface area contributed by atoms with Gasteiger partial charge in [0.1, 0.15) is 10.9 Å². The Morgan fingerprint density at radius 3 is 2.57 bits per heavy atom. The number of likely N-dealkylation sites (N-methyl/N-ethyl adjacent to an activating group) is 1. The van der Waals surface area contributed by atoms with Gasteiger partial charge in [0, 0.05) is 18.0 Å². The minimum atomic E-state index is -0.216. The van der Waals surface area contributed by atoms with Gasteiger partial charge < -0.3 is 9.42 Å². The van der Waals surface area contributed by atoms with Gasteiger partial charge in [0.05, 0.1) is 23.5 Å². The zero-order chi connectivity index (χ0) is 27.1. The smallest absolute Gasteiger partial charge is 0.185 e. The molecule has 0 spiro atoms. The van der Waals surface area contributed by atoms with Crippen LogP contribution in [0.15, 0.2) is 4.52 Å². The molecule has 0 saturated carbocycles. The van der Waals surface area contributed by atoms with Crippen LogP contribution < -0.4 is 0 Å². The highest BCUT2D eigenvalue weighted by atomic mass is 35.5. The standard InChI is InChI=1S/C24H31ClN6O2.2C2H6/c1-4-5-11-18(32)16-9-6-10-17-20(29-33-21(16)17)23-26-22(25)19-14(2)28-31(24(19)27-23)13-15-8-7-12-30(15)3;2*1-2/h15-16H,4-13H2,1-3H3;2*1-2H3. The molecule has 1 aliphatic heterocycles. The molecule has 37 heavy (non-hydrogen) atoms. The van der Waals surface area contributed by atoms with E-state index in [-0.39, 0.29) is 11.7 Å². The molecular weight excluding hydrogens is 488 g/mol. The molecule has 0 amide bonds. The summed E-state index contributed by atoms with van der Waals surface area (Å²) in [5.41, 5.74) is 3.10. The van der Waals surface area contributed by atoms with E-state index in [1.165, 1.54) is 6.42 Å². The quantitative estimate of drug-likeness (QED) is 0.311. The van der Waals surface area contributed by atoms with Gasteiger partial charge in [-0.1, -0.05) is 57.8 Å². The van der Waals surface area contributed by atoms with Crippen LogP contribution in [0.2, 0.25) is 5.15 Å². The highest BCUT2D eigenvalue weighted by Gasteiger charge is 2.34. The zero-order valence-electron chi connectivity index (χ0n) is 23.6. The third-order valence-corrected chi connectivity index (χ3v) is 7.48. The molecule has 9 heteroatoms. The third-order valence-electron chi connectivity index (χ3n) is 7.21. The Kier molecular flexibility index (Phi) is 10.6. The number of Topliss-reactive ketones (excluding diaryl/α,β-unsaturated/α-hetero) is 1. The van der Waals surface area contributed by atoms with Gasteiger partial charge in [0.25, 0.3) is 0 Å². The lowest BCUT2D eigenvalue weighted by atomic mass is 9.83. The van der Waals surface area contributed by atoms with E-state index in [9.17, 15) is 4.79 Å². The Morgan fingerprint density at radius 1 is 1.14 bits per heavy atom. The molecule has 4 heterocycles. The van der Waals surface area contributed by atoms with Crippen molar-refractivity contribution in [1.82, 2.24) is 29.8 Å². The van der Waals surface area contributed by atoms with Crippen LogP contribution in [0.25, 0.3) is 22.6 Å². The lowest BCUT2D eigenvalue weighted by Crippen LogP contribution is -2.29. The Hall–Kier alpha value is -2.32. The predicted molar refractivity (Wildman–Crippen MR) is 149 cm³/mol. The first-order valence-corrected chi connectivity index (χ1v) is 14.5. The fourth-order valence-corrected chi connectivity index (χ4v) is 5.60. The first-order chi connectivity index (χ1) is 18.0. The number of rotatable bonds is 7. The van der Waals surface area contributed by atoms with Gasteiger partial charge in [-0.05, 0) is 59.0 Å². The number of unbranched alkanes of at least 4 members (excludes halogenated alkanes) is 1. The maximum atomic E-state index is 12.8. The molecule has 0 N–H and O–H groups in total. The summed E-state index contributed by atoms with van der Waals surface area (Å²) >= 11 is 6.64. The van der Waals surface area contributed by atoms with E-state index in [0.717, 1.165) is 73.9 Å². The molecule has 2 atom stereocenters. The summed E-state index contributed by atoms with van der Waals surface area (Å²) in [5, 5.41) is 10.2. The normalized spacial score (nSPS) is 19.1. The molecule has 8 nitrogen and oxygen atoms in total. The van der Waals surface area contributed by atoms with Crippen molar-refractivity contribution in [3.8, 4) is 11.5 Å². The minimum Gasteiger partial charge on any atom is -0.360 e. The van der Waals surface area contributed by atoms with Gasteiger partial charge >= 0.3 is 0 Å². The average molecular weight is 531 g/mol. The first kappa shape index (κ1) is 29.2. The maximum absolute atomic E-state index is 12.8. The molecule has 3 aromatic rings. The van der Waals surface area contributed by atoms with Crippen LogP contribution in [0.1, 0.15) is 102 Å². The van der Waals surface area contributed by atoms with E-state index in [0.29, 0.717) is 34.9 Å². The van der Waals surface area contributed by atoms with Gasteiger partial charge in [-0.15, -0.1) is 0 Å². The molecule has 0 radical (unpaired) electrons. The highest BCUT2D eigenvalue weighted by Crippen LogP contribution is 2.38. The number of halogens is 1. The fourth-order valence-electron chi connectivity index (χ4n) is 5.30. The molecule has 5 rings (SSSR count). The summed E-state index contributed by atoms with van der Waals surface area (Å²) in [6, 6.07) is 0.430. The molecule has 0 bridgehead atoms. The number of aromatic nitrogens is 5. The van der Waals surface area contributed by atoms with E-state index in [4.69, 9.17) is 26.2 Å². The molecule has 0 aromatic carbocycles. The number of carbonyl (C=O) groups excluding carboxylic acids is 1. The lowest BCUT2D eigenvalue weighted by Gasteiger charge is -2.19. The van der Waals surface area contributed by atoms with Crippen LogP contribution >= 0.6 is 11.6 Å². The number of hydrogen-bond donors (Lipinski definition) is 0. The summed E-state index contributed by atoms with van der Waals surface area (Å²) in [6.07, 6.45) is 7.37. The summed E-state index contributed by atoms with van der Waals surface area (Å²) in [4.78, 5) is 24.6. The topological polar surface area (TPSA) is 89.9 Å². The second-order valence-electron chi connectivity index (χ2n) is 9.47. The van der Waals surface area contributed by atoms with Crippen molar-refractivity contribution in [2.45, 2.75) is 111 Å². The lowest BCUT2D eigenvalue weighted by molar-refractivity contribution is -0.121. The van der Waals surface area contributed by atoms with Crippen LogP contribution in [0.3, 0.4) is 0 Å². The van der Waals surface area contributed by atoms with Crippen molar-refractivity contribution in [2.24, 2.45) is 0 Å². The van der Waals surface area contributed by atoms with Gasteiger partial charge in [-0.2, -0.15) is 5.10 Å². The van der Waals surface area contributed by atoms with Crippen LogP contribution in [-0.4, -0.2) is 55.2 Å². The van der Waals surface area contributed by atoms with Crippen LogP contribution in [0, 0.1) is 6.92 Å². The second-order valence-corrected chi connectivity index (χ2v) is 9.83. The number of likely N-dealkylation sites (tertiary alicyclic amines) is 1. The molecular formula is C28H43ClN6O2. The van der Waals surface area contributed by atoms with Crippen molar-refractivity contribution in [1.29, 1.82) is 0 Å². The molecule has 3 aromatic heterocycles. The molecule has 1 fully saturated rings. The van der Waals surface area contributed by atoms with Crippen LogP contribution in [0.5, 0.6) is 0 Å². The zero-order valence-corrected chi connectivity index (χ0v) is 24.4. The van der Waals surface area contributed by atoms with Crippen molar-refractivity contribution in [2.75, 3.05) is 13.6 Å². The summed E-state index contributed by atoms with van der Waals surface area (Å²) in [7, 11) is 2.16. The van der Waals surface area contributed by atoms with Gasteiger partial charge in [0.15, 0.2) is 22.9 Å². The second kappa shape index (κ2) is 13.5. The predicted octanol–water partition coefficient (Wildman–Crippen LogP) is 6.77. The van der Waals surface area contributed by atoms with E-state index in [1.807, 2.05) is 39.3 Å². The maximum Gasteiger partial charge on any atom is 0.185 e. The monoisotopic (exact) mass is 530 g/mol. The summed E-state index contributed by atoms with van der Waals surface area (Å²) < 4.78 is 7.70. The minimum absolute atomic E-state index is 0.216. The third kappa shape index (κ3) is 6.06. The summed E-state index contributed by atoms with van der Waals surface area (Å²) in [6.45, 7) is 13.9. The number of nitrogens with zero attached hydrogens (tertiary/aromatic N) is 6. The Labute approximate surface area is 226 Å². The number of carbonyl (C=O) groups is 1. The molecule has 1 aliphatic carbocycles. The van der Waals surface area contributed by atoms with Gasteiger partial charge in [-0.25, -0.2) is 14.6 Å². The van der Waals surface area contributed by atoms with Gasteiger partial charge in [0.2, 0.25) is 0 Å². The molecule has 2 unspecified atom stereocenters. The molecule has 1 saturated heterocycles. The van der Waals surface area contributed by atoms with Crippen molar-refractivity contribution in [3.63, 3.8) is 0 Å². The van der Waals surface area contributed by atoms with Crippen LogP contribution in [0.4, 0.5) is 0 Å². The van der Waals surface area contributed by atoms with Crippen molar-refractivity contribution in [3.05, 3.63) is 22.2 Å². The Morgan fingerprint density at radius 2 is 1.89 bits per heavy atom. The van der Waals surface area contributed by atoms with Gasteiger partial charge in [-0.3, -0.25) is 4.79 Å². The highest BCUT2D eigenvalue weighted by molar-refractivity contribution is 6.34. The molecule has 204 valence electrons. The molecule has 2 aliphatic rings. The fraction of sp³-hybridized carbons (Fsp3) is 0.679. The number of hydrogen-bond acceptors (Lipinski definition) is 7. The SMILES string of the molecule is CC.CC.CCCCC(=O)C1CCCc2c(-c3nc(Cl)c4c(C)nn(CC5CCCN5C)c4n3)noc21. The summed E-state index contributed by atoms with van der Waals surface area (Å²) in [5.74, 6) is 1.16. The first-order valence-electron chi connectivity index (χ1n) is 14.1.